The van der Waals surface area contributed by atoms with E-state index in [1.165, 1.54) is 17.5 Å². The van der Waals surface area contributed by atoms with E-state index in [0.29, 0.717) is 13.2 Å². The quantitative estimate of drug-likeness (QED) is 0.761. The van der Waals surface area contributed by atoms with E-state index in [0.717, 1.165) is 12.0 Å². The Morgan fingerprint density at radius 3 is 2.29 bits per heavy atom. The summed E-state index contributed by atoms with van der Waals surface area (Å²) in [4.78, 5) is 14.1. The molecule has 24 heavy (non-hydrogen) atoms. The molecular formula is C21H27NO2. The lowest BCUT2D eigenvalue weighted by atomic mass is 9.95. The fourth-order valence-electron chi connectivity index (χ4n) is 2.73. The maximum atomic E-state index is 12.3. The molecule has 0 spiro atoms. The lowest BCUT2D eigenvalue weighted by Crippen LogP contribution is -2.42. The van der Waals surface area contributed by atoms with Gasteiger partial charge in [0.05, 0.1) is 0 Å². The third-order valence-electron chi connectivity index (χ3n) is 3.95. The number of benzene rings is 2. The highest BCUT2D eigenvalue weighted by Crippen LogP contribution is 2.23. The van der Waals surface area contributed by atoms with Gasteiger partial charge >= 0.3 is 6.09 Å². The zero-order valence-electron chi connectivity index (χ0n) is 14.9. The molecule has 0 aliphatic carbocycles. The second kappa shape index (κ2) is 9.11. The average molecular weight is 325 g/mol. The minimum atomic E-state index is -0.235. The van der Waals surface area contributed by atoms with Crippen LogP contribution in [0.4, 0.5) is 4.79 Å². The second-order valence-electron chi connectivity index (χ2n) is 6.20. The van der Waals surface area contributed by atoms with Crippen molar-refractivity contribution in [3.05, 3.63) is 71.3 Å². The molecule has 0 N–H and O–H groups in total. The van der Waals surface area contributed by atoms with Gasteiger partial charge in [-0.05, 0) is 30.0 Å². The summed E-state index contributed by atoms with van der Waals surface area (Å²) in [5.41, 5.74) is 3.56. The lowest BCUT2D eigenvalue weighted by Gasteiger charge is -2.34. The first kappa shape index (κ1) is 18.1. The first-order valence-corrected chi connectivity index (χ1v) is 8.69. The molecule has 0 fully saturated rings. The van der Waals surface area contributed by atoms with Crippen molar-refractivity contribution in [3.63, 3.8) is 0 Å². The summed E-state index contributed by atoms with van der Waals surface area (Å²) in [6, 6.07) is 18.2. The van der Waals surface area contributed by atoms with E-state index >= 15 is 0 Å². The molecule has 1 amide bonds. The van der Waals surface area contributed by atoms with Gasteiger partial charge < -0.3 is 9.64 Å². The summed E-state index contributed by atoms with van der Waals surface area (Å²) in [5, 5.41) is 0. The van der Waals surface area contributed by atoms with E-state index in [1.807, 2.05) is 41.3 Å². The summed E-state index contributed by atoms with van der Waals surface area (Å²) in [6.07, 6.45) is 1.90. The minimum Gasteiger partial charge on any atom is -0.445 e. The van der Waals surface area contributed by atoms with Gasteiger partial charge in [-0.25, -0.2) is 4.79 Å². The zero-order valence-corrected chi connectivity index (χ0v) is 14.9. The SMILES string of the molecule is CCC.C[C@@H]1Cc2ccccc2CN1C(=O)OCc1ccccc1. The van der Waals surface area contributed by atoms with Crippen LogP contribution in [0.1, 0.15) is 43.9 Å². The number of rotatable bonds is 2. The number of nitrogens with zero attached hydrogens (tertiary/aromatic N) is 1. The van der Waals surface area contributed by atoms with Crippen LogP contribution in [0.15, 0.2) is 54.6 Å². The number of hydrogen-bond acceptors (Lipinski definition) is 2. The Kier molecular flexibility index (Phi) is 6.86. The molecule has 0 bridgehead atoms. The van der Waals surface area contributed by atoms with Crippen LogP contribution in [-0.2, 0) is 24.3 Å². The molecule has 2 aromatic carbocycles. The molecule has 0 radical (unpaired) electrons. The second-order valence-corrected chi connectivity index (χ2v) is 6.20. The molecule has 0 saturated carbocycles. The largest absolute Gasteiger partial charge is 0.445 e. The maximum absolute atomic E-state index is 12.3. The van der Waals surface area contributed by atoms with Crippen molar-refractivity contribution in [1.29, 1.82) is 0 Å². The Bertz CT molecular complexity index is 639. The maximum Gasteiger partial charge on any atom is 0.410 e. The number of amides is 1. The summed E-state index contributed by atoms with van der Waals surface area (Å²) >= 11 is 0. The van der Waals surface area contributed by atoms with Crippen LogP contribution >= 0.6 is 0 Å². The van der Waals surface area contributed by atoms with E-state index in [4.69, 9.17) is 4.74 Å². The van der Waals surface area contributed by atoms with Crippen molar-refractivity contribution < 1.29 is 9.53 Å². The molecule has 2 aromatic rings. The summed E-state index contributed by atoms with van der Waals surface area (Å²) in [5.74, 6) is 0. The van der Waals surface area contributed by atoms with E-state index in [9.17, 15) is 4.79 Å². The van der Waals surface area contributed by atoms with Crippen molar-refractivity contribution in [3.8, 4) is 0 Å². The smallest absolute Gasteiger partial charge is 0.410 e. The molecule has 0 unspecified atom stereocenters. The molecule has 3 nitrogen and oxygen atoms in total. The van der Waals surface area contributed by atoms with Crippen molar-refractivity contribution in [2.24, 2.45) is 0 Å². The summed E-state index contributed by atoms with van der Waals surface area (Å²) in [6.45, 7) is 7.27. The van der Waals surface area contributed by atoms with E-state index < -0.39 is 0 Å². The zero-order chi connectivity index (χ0) is 17.4. The molecule has 1 heterocycles. The molecule has 0 aromatic heterocycles. The molecule has 3 rings (SSSR count). The predicted octanol–water partition coefficient (Wildman–Crippen LogP) is 5.19. The Balaban J connectivity index is 0.000000647. The van der Waals surface area contributed by atoms with Crippen LogP contribution in [0.3, 0.4) is 0 Å². The van der Waals surface area contributed by atoms with Gasteiger partial charge in [-0.2, -0.15) is 0 Å². The van der Waals surface area contributed by atoms with Crippen LogP contribution in [0.5, 0.6) is 0 Å². The standard InChI is InChI=1S/C18H19NO2.C3H8/c1-14-11-16-9-5-6-10-17(16)12-19(14)18(20)21-13-15-7-3-2-4-8-15;1-3-2/h2-10,14H,11-13H2,1H3;3H2,1-2H3/t14-;/m1./s1. The normalized spacial score (nSPS) is 15.8. The predicted molar refractivity (Wildman–Crippen MR) is 97.7 cm³/mol. The van der Waals surface area contributed by atoms with E-state index in [-0.39, 0.29) is 12.1 Å². The van der Waals surface area contributed by atoms with Crippen LogP contribution in [0, 0.1) is 0 Å². The number of ether oxygens (including phenoxy) is 1. The Morgan fingerprint density at radius 2 is 1.62 bits per heavy atom. The topological polar surface area (TPSA) is 29.5 Å². The van der Waals surface area contributed by atoms with Crippen LogP contribution < -0.4 is 0 Å². The summed E-state index contributed by atoms with van der Waals surface area (Å²) in [7, 11) is 0. The Morgan fingerprint density at radius 1 is 1.04 bits per heavy atom. The highest BCUT2D eigenvalue weighted by molar-refractivity contribution is 5.68. The van der Waals surface area contributed by atoms with Crippen LogP contribution in [-0.4, -0.2) is 17.0 Å². The van der Waals surface area contributed by atoms with Gasteiger partial charge in [0.2, 0.25) is 0 Å². The van der Waals surface area contributed by atoms with Gasteiger partial charge in [0.1, 0.15) is 6.61 Å². The minimum absolute atomic E-state index is 0.170. The van der Waals surface area contributed by atoms with Crippen molar-refractivity contribution >= 4 is 6.09 Å². The molecule has 0 saturated heterocycles. The van der Waals surface area contributed by atoms with Gasteiger partial charge in [0.15, 0.2) is 0 Å². The molecular weight excluding hydrogens is 298 g/mol. The van der Waals surface area contributed by atoms with Crippen LogP contribution in [0.2, 0.25) is 0 Å². The van der Waals surface area contributed by atoms with Gasteiger partial charge in [-0.3, -0.25) is 0 Å². The molecule has 1 aliphatic rings. The summed E-state index contributed by atoms with van der Waals surface area (Å²) < 4.78 is 5.44. The van der Waals surface area contributed by atoms with Gasteiger partial charge in [-0.15, -0.1) is 0 Å². The Hall–Kier alpha value is -2.29. The average Bonchev–Trinajstić information content (AvgIpc) is 2.60. The number of hydrogen-bond donors (Lipinski definition) is 0. The van der Waals surface area contributed by atoms with Crippen molar-refractivity contribution in [2.75, 3.05) is 0 Å². The first-order valence-electron chi connectivity index (χ1n) is 8.69. The highest BCUT2D eigenvalue weighted by Gasteiger charge is 2.27. The lowest BCUT2D eigenvalue weighted by molar-refractivity contribution is 0.0766. The first-order chi connectivity index (χ1) is 11.7. The van der Waals surface area contributed by atoms with Crippen molar-refractivity contribution in [2.45, 2.75) is 52.8 Å². The van der Waals surface area contributed by atoms with Gasteiger partial charge in [0, 0.05) is 12.6 Å². The van der Waals surface area contributed by atoms with Gasteiger partial charge in [0.25, 0.3) is 0 Å². The van der Waals surface area contributed by atoms with Crippen molar-refractivity contribution in [1.82, 2.24) is 4.90 Å². The molecule has 1 aliphatic heterocycles. The fourth-order valence-corrected chi connectivity index (χ4v) is 2.73. The molecule has 1 atom stereocenters. The fraction of sp³-hybridized carbons (Fsp3) is 0.381. The highest BCUT2D eigenvalue weighted by atomic mass is 16.6. The monoisotopic (exact) mass is 325 g/mol. The molecule has 3 heteroatoms. The number of carbonyl (C=O) groups is 1. The van der Waals surface area contributed by atoms with Crippen LogP contribution in [0.25, 0.3) is 0 Å². The van der Waals surface area contributed by atoms with E-state index in [2.05, 4.69) is 39.0 Å². The number of fused-ring (bicyclic) bond motifs is 1. The third-order valence-corrected chi connectivity index (χ3v) is 3.95. The number of carbonyl (C=O) groups excluding carboxylic acids is 1. The Labute approximate surface area is 145 Å². The molecule has 128 valence electrons. The van der Waals surface area contributed by atoms with E-state index in [1.54, 1.807) is 0 Å². The van der Waals surface area contributed by atoms with Gasteiger partial charge in [-0.1, -0.05) is 74.9 Å². The third kappa shape index (κ3) is 4.85.